The molecule has 0 spiro atoms. The fourth-order valence-electron chi connectivity index (χ4n) is 2.30. The Labute approximate surface area is 107 Å². The lowest BCUT2D eigenvalue weighted by atomic mass is 10.0. The van der Waals surface area contributed by atoms with Crippen molar-refractivity contribution in [3.8, 4) is 0 Å². The van der Waals surface area contributed by atoms with Crippen LogP contribution in [0.15, 0.2) is 6.33 Å². The summed E-state index contributed by atoms with van der Waals surface area (Å²) < 4.78 is 5.55. The molecule has 2 atom stereocenters. The second kappa shape index (κ2) is 5.97. The number of nitrogens with one attached hydrogen (secondary N) is 2. The van der Waals surface area contributed by atoms with Gasteiger partial charge in [0.15, 0.2) is 0 Å². The van der Waals surface area contributed by atoms with E-state index in [1.54, 1.807) is 0 Å². The van der Waals surface area contributed by atoms with Gasteiger partial charge in [0.2, 0.25) is 0 Å². The molecule has 0 radical (unpaired) electrons. The number of nitrogens with zero attached hydrogens (tertiary/aromatic N) is 2. The number of anilines is 2. The van der Waals surface area contributed by atoms with E-state index in [1.165, 1.54) is 6.33 Å². The summed E-state index contributed by atoms with van der Waals surface area (Å²) in [4.78, 5) is 8.40. The zero-order valence-corrected chi connectivity index (χ0v) is 10.9. The van der Waals surface area contributed by atoms with Crippen molar-refractivity contribution in [1.82, 2.24) is 9.97 Å². The first-order chi connectivity index (χ1) is 8.76. The van der Waals surface area contributed by atoms with Gasteiger partial charge >= 0.3 is 0 Å². The third-order valence-electron chi connectivity index (χ3n) is 3.50. The second-order valence-corrected chi connectivity index (χ2v) is 4.55. The number of rotatable bonds is 5. The highest BCUT2D eigenvalue weighted by Gasteiger charge is 2.24. The van der Waals surface area contributed by atoms with Crippen LogP contribution >= 0.6 is 0 Å². The van der Waals surface area contributed by atoms with Crippen molar-refractivity contribution < 1.29 is 4.74 Å². The van der Waals surface area contributed by atoms with Crippen molar-refractivity contribution in [3.63, 3.8) is 0 Å². The fourth-order valence-corrected chi connectivity index (χ4v) is 2.30. The van der Waals surface area contributed by atoms with Crippen LogP contribution in [0.1, 0.15) is 25.8 Å². The van der Waals surface area contributed by atoms with E-state index < -0.39 is 0 Å². The van der Waals surface area contributed by atoms with E-state index in [0.717, 1.165) is 37.4 Å². The summed E-state index contributed by atoms with van der Waals surface area (Å²) in [5, 5.41) is 3.38. The third kappa shape index (κ3) is 2.70. The summed E-state index contributed by atoms with van der Waals surface area (Å²) >= 11 is 0. The summed E-state index contributed by atoms with van der Waals surface area (Å²) in [7, 11) is 0. The molecule has 0 saturated carbocycles. The number of hydrazine groups is 1. The van der Waals surface area contributed by atoms with Gasteiger partial charge in [0.1, 0.15) is 18.0 Å². The van der Waals surface area contributed by atoms with Crippen molar-refractivity contribution in [1.29, 1.82) is 0 Å². The highest BCUT2D eigenvalue weighted by atomic mass is 16.5. The first-order valence-electron chi connectivity index (χ1n) is 6.42. The van der Waals surface area contributed by atoms with Crippen molar-refractivity contribution >= 4 is 11.6 Å². The summed E-state index contributed by atoms with van der Waals surface area (Å²) in [6.45, 7) is 5.90. The molecule has 1 fully saturated rings. The molecule has 6 heteroatoms. The van der Waals surface area contributed by atoms with Crippen LogP contribution in [0.2, 0.25) is 0 Å². The Hall–Kier alpha value is -1.40. The normalized spacial score (nSPS) is 23.1. The number of aromatic nitrogens is 2. The molecule has 2 unspecified atom stereocenters. The summed E-state index contributed by atoms with van der Waals surface area (Å²) in [5.41, 5.74) is 3.63. The van der Waals surface area contributed by atoms with E-state index in [2.05, 4.69) is 34.6 Å². The minimum absolute atomic E-state index is 0.316. The summed E-state index contributed by atoms with van der Waals surface area (Å²) in [6.07, 6.45) is 3.77. The fraction of sp³-hybridized carbons (Fsp3) is 0.667. The molecule has 1 aromatic rings. The molecule has 1 aliphatic heterocycles. The van der Waals surface area contributed by atoms with Crippen LogP contribution < -0.4 is 16.6 Å². The standard InChI is InChI=1S/C12H21N5O/c1-3-10-11(15-7-16-12(10)17-13)14-6-9-4-5-18-8(9)2/h7-9H,3-6,13H2,1-2H3,(H2,14,15,16,17). The summed E-state index contributed by atoms with van der Waals surface area (Å²) in [5.74, 6) is 7.53. The van der Waals surface area contributed by atoms with Gasteiger partial charge in [-0.2, -0.15) is 0 Å². The van der Waals surface area contributed by atoms with E-state index in [9.17, 15) is 0 Å². The average Bonchev–Trinajstić information content (AvgIpc) is 2.81. The molecule has 6 nitrogen and oxygen atoms in total. The SMILES string of the molecule is CCc1c(NN)ncnc1NCC1CCOC1C. The van der Waals surface area contributed by atoms with E-state index in [4.69, 9.17) is 10.6 Å². The number of ether oxygens (including phenoxy) is 1. The number of hydrogen-bond donors (Lipinski definition) is 3. The molecule has 2 heterocycles. The van der Waals surface area contributed by atoms with E-state index >= 15 is 0 Å². The lowest BCUT2D eigenvalue weighted by molar-refractivity contribution is 0.108. The van der Waals surface area contributed by atoms with Crippen molar-refractivity contribution in [2.45, 2.75) is 32.8 Å². The molecule has 0 amide bonds. The van der Waals surface area contributed by atoms with Gasteiger partial charge < -0.3 is 15.5 Å². The molecule has 1 aliphatic rings. The Morgan fingerprint density at radius 1 is 1.44 bits per heavy atom. The largest absolute Gasteiger partial charge is 0.378 e. The molecule has 2 rings (SSSR count). The molecule has 0 aromatic carbocycles. The zero-order chi connectivity index (χ0) is 13.0. The third-order valence-corrected chi connectivity index (χ3v) is 3.50. The average molecular weight is 251 g/mol. The lowest BCUT2D eigenvalue weighted by Crippen LogP contribution is -2.22. The van der Waals surface area contributed by atoms with Gasteiger partial charge in [0, 0.05) is 24.6 Å². The van der Waals surface area contributed by atoms with Gasteiger partial charge in [0.05, 0.1) is 6.10 Å². The molecule has 0 bridgehead atoms. The second-order valence-electron chi connectivity index (χ2n) is 4.55. The maximum absolute atomic E-state index is 5.55. The number of nitrogen functional groups attached to an aromatic ring is 1. The Morgan fingerprint density at radius 3 is 2.83 bits per heavy atom. The smallest absolute Gasteiger partial charge is 0.148 e. The van der Waals surface area contributed by atoms with Crippen LogP contribution in [0, 0.1) is 5.92 Å². The minimum Gasteiger partial charge on any atom is -0.378 e. The topological polar surface area (TPSA) is 85.1 Å². The van der Waals surface area contributed by atoms with Gasteiger partial charge in [-0.15, -0.1) is 0 Å². The molecule has 1 aromatic heterocycles. The van der Waals surface area contributed by atoms with Gasteiger partial charge in [-0.1, -0.05) is 6.92 Å². The lowest BCUT2D eigenvalue weighted by Gasteiger charge is -2.17. The first kappa shape index (κ1) is 13.0. The van der Waals surface area contributed by atoms with Gasteiger partial charge in [-0.05, 0) is 19.8 Å². The van der Waals surface area contributed by atoms with Crippen molar-refractivity contribution in [3.05, 3.63) is 11.9 Å². The van der Waals surface area contributed by atoms with E-state index in [0.29, 0.717) is 17.8 Å². The van der Waals surface area contributed by atoms with E-state index in [-0.39, 0.29) is 0 Å². The molecule has 0 aliphatic carbocycles. The van der Waals surface area contributed by atoms with Crippen molar-refractivity contribution in [2.75, 3.05) is 23.9 Å². The zero-order valence-electron chi connectivity index (χ0n) is 10.9. The molecular formula is C12H21N5O. The van der Waals surface area contributed by atoms with Crippen molar-refractivity contribution in [2.24, 2.45) is 11.8 Å². The molecular weight excluding hydrogens is 230 g/mol. The molecule has 4 N–H and O–H groups in total. The van der Waals surface area contributed by atoms with Gasteiger partial charge in [-0.25, -0.2) is 15.8 Å². The Morgan fingerprint density at radius 2 is 2.22 bits per heavy atom. The number of hydrogen-bond acceptors (Lipinski definition) is 6. The molecule has 18 heavy (non-hydrogen) atoms. The van der Waals surface area contributed by atoms with Gasteiger partial charge in [0.25, 0.3) is 0 Å². The monoisotopic (exact) mass is 251 g/mol. The maximum Gasteiger partial charge on any atom is 0.148 e. The highest BCUT2D eigenvalue weighted by Crippen LogP contribution is 2.23. The maximum atomic E-state index is 5.55. The Balaban J connectivity index is 2.04. The predicted octanol–water partition coefficient (Wildman–Crippen LogP) is 1.16. The minimum atomic E-state index is 0.316. The predicted molar refractivity (Wildman–Crippen MR) is 71.2 cm³/mol. The van der Waals surface area contributed by atoms with Crippen LogP contribution in [0.25, 0.3) is 0 Å². The summed E-state index contributed by atoms with van der Waals surface area (Å²) in [6, 6.07) is 0. The molecule has 100 valence electrons. The van der Waals surface area contributed by atoms with Crippen LogP contribution in [0.5, 0.6) is 0 Å². The van der Waals surface area contributed by atoms with E-state index in [1.807, 2.05) is 0 Å². The Bertz CT molecular complexity index is 398. The molecule has 1 saturated heterocycles. The number of nitrogens with two attached hydrogens (primary N) is 1. The highest BCUT2D eigenvalue weighted by molar-refractivity contribution is 5.56. The first-order valence-corrected chi connectivity index (χ1v) is 6.42. The van der Waals surface area contributed by atoms with Gasteiger partial charge in [-0.3, -0.25) is 0 Å². The quantitative estimate of drug-likeness (QED) is 0.538. The van der Waals surface area contributed by atoms with Crippen LogP contribution in [-0.2, 0) is 11.2 Å². The Kier molecular flexibility index (Phi) is 4.33. The van der Waals surface area contributed by atoms with Crippen LogP contribution in [0.3, 0.4) is 0 Å². The van der Waals surface area contributed by atoms with Crippen LogP contribution in [0.4, 0.5) is 11.6 Å². The van der Waals surface area contributed by atoms with Crippen LogP contribution in [-0.4, -0.2) is 29.2 Å².